The van der Waals surface area contributed by atoms with E-state index >= 15 is 0 Å². The van der Waals surface area contributed by atoms with Crippen molar-refractivity contribution in [2.45, 2.75) is 33.4 Å². The molecule has 0 spiro atoms. The highest BCUT2D eigenvalue weighted by molar-refractivity contribution is 6.31. The first kappa shape index (κ1) is 29.9. The first-order valence-corrected chi connectivity index (χ1v) is 14.3. The highest BCUT2D eigenvalue weighted by Gasteiger charge is 2.25. The van der Waals surface area contributed by atoms with Crippen LogP contribution in [0.25, 0.3) is 11.1 Å². The second-order valence-electron chi connectivity index (χ2n) is 11.0. The van der Waals surface area contributed by atoms with Gasteiger partial charge in [-0.15, -0.1) is 6.58 Å². The average molecular weight is 556 g/mol. The van der Waals surface area contributed by atoms with Crippen molar-refractivity contribution in [3.8, 4) is 16.9 Å². The van der Waals surface area contributed by atoms with Gasteiger partial charge in [-0.2, -0.15) is 0 Å². The molecule has 0 bridgehead atoms. The number of nitrogens with zero attached hydrogens (tertiary/aromatic N) is 3. The van der Waals surface area contributed by atoms with Crippen molar-refractivity contribution in [3.05, 3.63) is 96.6 Å². The molecule has 0 radical (unpaired) electrons. The van der Waals surface area contributed by atoms with Gasteiger partial charge in [0.05, 0.1) is 6.61 Å². The standard InChI is InChI=1S/C34H41N3O4/c1-4-16-36-18-9-17-35(23-27-10-6-5-7-11-27)19-20-37(33(38)34(39)40)24-30-15-14-29(22-32(30)36)28-12-8-13-31(21-28)41-25-26(2)3/h4-8,10-15,21-22,26H,1,9,16-20,23-25H2,2-3H3,(H,39,40). The lowest BCUT2D eigenvalue weighted by Gasteiger charge is -2.28. The number of fused-ring (bicyclic) bond motifs is 1. The Labute approximate surface area is 243 Å². The number of anilines is 1. The molecule has 0 aliphatic carbocycles. The van der Waals surface area contributed by atoms with Crippen LogP contribution in [0.4, 0.5) is 5.69 Å². The van der Waals surface area contributed by atoms with Crippen LogP contribution < -0.4 is 9.64 Å². The van der Waals surface area contributed by atoms with Crippen LogP contribution in [0.2, 0.25) is 0 Å². The zero-order valence-electron chi connectivity index (χ0n) is 24.2. The molecular weight excluding hydrogens is 514 g/mol. The molecule has 1 aliphatic heterocycles. The van der Waals surface area contributed by atoms with Gasteiger partial charge in [0.25, 0.3) is 0 Å². The fourth-order valence-electron chi connectivity index (χ4n) is 5.12. The van der Waals surface area contributed by atoms with Crippen LogP contribution in [0.3, 0.4) is 0 Å². The normalized spacial score (nSPS) is 14.7. The molecule has 41 heavy (non-hydrogen) atoms. The molecule has 7 heteroatoms. The Morgan fingerprint density at radius 3 is 2.46 bits per heavy atom. The van der Waals surface area contributed by atoms with E-state index in [9.17, 15) is 14.7 Å². The summed E-state index contributed by atoms with van der Waals surface area (Å²) in [6.45, 7) is 13.0. The summed E-state index contributed by atoms with van der Waals surface area (Å²) in [7, 11) is 0. The first-order valence-electron chi connectivity index (χ1n) is 14.3. The number of carbonyl (C=O) groups is 2. The molecule has 0 saturated heterocycles. The summed E-state index contributed by atoms with van der Waals surface area (Å²) < 4.78 is 5.97. The van der Waals surface area contributed by atoms with Crippen molar-refractivity contribution in [2.24, 2.45) is 5.92 Å². The van der Waals surface area contributed by atoms with Crippen molar-refractivity contribution in [3.63, 3.8) is 0 Å². The summed E-state index contributed by atoms with van der Waals surface area (Å²) in [6.07, 6.45) is 2.80. The van der Waals surface area contributed by atoms with Crippen molar-refractivity contribution in [2.75, 3.05) is 44.2 Å². The monoisotopic (exact) mass is 555 g/mol. The Morgan fingerprint density at radius 2 is 1.73 bits per heavy atom. The fraction of sp³-hybridized carbons (Fsp3) is 0.353. The van der Waals surface area contributed by atoms with E-state index in [1.165, 1.54) is 10.5 Å². The third-order valence-electron chi connectivity index (χ3n) is 7.20. The number of hydrogen-bond donors (Lipinski definition) is 1. The number of amides is 1. The topological polar surface area (TPSA) is 73.3 Å². The first-order chi connectivity index (χ1) is 19.8. The number of carboxylic acid groups (broad SMARTS) is 1. The third-order valence-corrected chi connectivity index (χ3v) is 7.20. The summed E-state index contributed by atoms with van der Waals surface area (Å²) in [5.41, 5.74) is 5.15. The lowest BCUT2D eigenvalue weighted by molar-refractivity contribution is -0.156. The molecule has 1 amide bonds. The van der Waals surface area contributed by atoms with Crippen LogP contribution in [0.1, 0.15) is 31.4 Å². The number of hydrogen-bond acceptors (Lipinski definition) is 5. The molecule has 0 fully saturated rings. The Hall–Kier alpha value is -4.10. The second kappa shape index (κ2) is 14.5. The average Bonchev–Trinajstić information content (AvgIpc) is 3.00. The van der Waals surface area contributed by atoms with E-state index < -0.39 is 11.9 Å². The maximum absolute atomic E-state index is 12.8. The molecular formula is C34H41N3O4. The fourth-order valence-corrected chi connectivity index (χ4v) is 5.12. The van der Waals surface area contributed by atoms with Crippen molar-refractivity contribution in [1.29, 1.82) is 0 Å². The molecule has 0 saturated carbocycles. The van der Waals surface area contributed by atoms with Crippen LogP contribution in [-0.2, 0) is 22.7 Å². The molecule has 4 rings (SSSR count). The van der Waals surface area contributed by atoms with E-state index in [1.807, 2.05) is 48.5 Å². The number of benzene rings is 3. The summed E-state index contributed by atoms with van der Waals surface area (Å²) in [6, 6.07) is 24.5. The maximum Gasteiger partial charge on any atom is 0.394 e. The Balaban J connectivity index is 1.68. The minimum absolute atomic E-state index is 0.213. The van der Waals surface area contributed by atoms with Gasteiger partial charge in [0.2, 0.25) is 0 Å². The molecule has 1 N–H and O–H groups in total. The number of carboxylic acids is 1. The van der Waals surface area contributed by atoms with E-state index in [4.69, 9.17) is 4.74 Å². The van der Waals surface area contributed by atoms with Crippen LogP contribution in [-0.4, -0.2) is 66.1 Å². The molecule has 1 heterocycles. The summed E-state index contributed by atoms with van der Waals surface area (Å²) in [4.78, 5) is 30.7. The van der Waals surface area contributed by atoms with Gasteiger partial charge in [-0.05, 0) is 52.8 Å². The molecule has 0 unspecified atom stereocenters. The van der Waals surface area contributed by atoms with Gasteiger partial charge in [-0.3, -0.25) is 9.69 Å². The van der Waals surface area contributed by atoms with Gasteiger partial charge in [-0.25, -0.2) is 4.79 Å². The Bertz CT molecular complexity index is 1320. The van der Waals surface area contributed by atoms with E-state index in [0.29, 0.717) is 32.2 Å². The Kier molecular flexibility index (Phi) is 10.6. The number of aliphatic carboxylic acids is 1. The maximum atomic E-state index is 12.8. The van der Waals surface area contributed by atoms with Gasteiger partial charge < -0.3 is 19.6 Å². The molecule has 3 aromatic carbocycles. The molecule has 216 valence electrons. The van der Waals surface area contributed by atoms with Gasteiger partial charge >= 0.3 is 11.9 Å². The van der Waals surface area contributed by atoms with Crippen molar-refractivity contribution in [1.82, 2.24) is 9.80 Å². The largest absolute Gasteiger partial charge is 0.493 e. The van der Waals surface area contributed by atoms with Crippen molar-refractivity contribution < 1.29 is 19.4 Å². The number of ether oxygens (including phenoxy) is 1. The third kappa shape index (κ3) is 8.44. The van der Waals surface area contributed by atoms with E-state index in [-0.39, 0.29) is 6.54 Å². The second-order valence-corrected chi connectivity index (χ2v) is 11.0. The summed E-state index contributed by atoms with van der Waals surface area (Å²) in [5, 5.41) is 9.62. The lowest BCUT2D eigenvalue weighted by Crippen LogP contribution is -2.41. The predicted molar refractivity (Wildman–Crippen MR) is 164 cm³/mol. The summed E-state index contributed by atoms with van der Waals surface area (Å²) >= 11 is 0. The van der Waals surface area contributed by atoms with Gasteiger partial charge in [-0.1, -0.05) is 74.5 Å². The molecule has 1 aliphatic rings. The van der Waals surface area contributed by atoms with E-state index in [1.54, 1.807) is 0 Å². The van der Waals surface area contributed by atoms with Gasteiger partial charge in [0.15, 0.2) is 0 Å². The molecule has 3 aromatic rings. The highest BCUT2D eigenvalue weighted by Crippen LogP contribution is 2.32. The number of rotatable bonds is 8. The minimum atomic E-state index is -1.44. The van der Waals surface area contributed by atoms with Crippen molar-refractivity contribution >= 4 is 17.6 Å². The van der Waals surface area contributed by atoms with Gasteiger partial charge in [0, 0.05) is 51.5 Å². The van der Waals surface area contributed by atoms with E-state index in [2.05, 4.69) is 60.6 Å². The van der Waals surface area contributed by atoms with Crippen LogP contribution in [0, 0.1) is 5.92 Å². The van der Waals surface area contributed by atoms with Crippen LogP contribution in [0.15, 0.2) is 85.5 Å². The summed E-state index contributed by atoms with van der Waals surface area (Å²) in [5.74, 6) is -1.06. The smallest absolute Gasteiger partial charge is 0.394 e. The zero-order valence-corrected chi connectivity index (χ0v) is 24.2. The Morgan fingerprint density at radius 1 is 0.951 bits per heavy atom. The van der Waals surface area contributed by atoms with Crippen LogP contribution >= 0.6 is 0 Å². The lowest BCUT2D eigenvalue weighted by atomic mass is 10.0. The molecule has 0 atom stereocenters. The molecule has 0 aromatic heterocycles. The SMILES string of the molecule is C=CCN1CCCN(Cc2ccccc2)CCN(C(=O)C(=O)O)Cc2ccc(-c3cccc(OCC(C)C)c3)cc21. The van der Waals surface area contributed by atoms with Gasteiger partial charge in [0.1, 0.15) is 5.75 Å². The molecule has 7 nitrogen and oxygen atoms in total. The quantitative estimate of drug-likeness (QED) is 0.284. The zero-order chi connectivity index (χ0) is 29.2. The van der Waals surface area contributed by atoms with E-state index in [0.717, 1.165) is 54.2 Å². The minimum Gasteiger partial charge on any atom is -0.493 e. The number of carbonyl (C=O) groups excluding carboxylic acids is 1. The van der Waals surface area contributed by atoms with Crippen LogP contribution in [0.5, 0.6) is 5.75 Å². The predicted octanol–water partition coefficient (Wildman–Crippen LogP) is 5.70. The highest BCUT2D eigenvalue weighted by atomic mass is 16.5.